The Kier molecular flexibility index (Phi) is 7.24. The molecule has 1 heterocycles. The molecule has 1 aliphatic rings. The van der Waals surface area contributed by atoms with E-state index >= 15 is 0 Å². The molecule has 1 aliphatic heterocycles. The molecule has 0 aliphatic carbocycles. The second kappa shape index (κ2) is 9.79. The zero-order valence-electron chi connectivity index (χ0n) is 18.6. The van der Waals surface area contributed by atoms with Gasteiger partial charge in [-0.1, -0.05) is 0 Å². The van der Waals surface area contributed by atoms with Gasteiger partial charge in [0, 0.05) is 12.1 Å². The molecule has 3 rings (SSSR count). The highest BCUT2D eigenvalue weighted by molar-refractivity contribution is 7.95. The second-order valence-corrected chi connectivity index (χ2v) is 10.1. The standard InChI is InChI=1S/C20H22N2O10S2/c1-28-14-10-17(30-3)15(18(11-14)31-4)7-8-33(24,25)22-12-20(23)32-21-34(26,27)19-9-13(22)5-6-16(19)29-2/h5-11,21H,12H2,1-4H3/b8-7+. The lowest BCUT2D eigenvalue weighted by Crippen LogP contribution is -2.37. The zero-order chi connectivity index (χ0) is 25.1. The van der Waals surface area contributed by atoms with Gasteiger partial charge >= 0.3 is 5.97 Å². The number of carbonyl (C=O) groups excluding carboxylic acids is 1. The molecule has 12 nitrogen and oxygen atoms in total. The molecule has 0 amide bonds. The van der Waals surface area contributed by atoms with Crippen LogP contribution in [-0.4, -0.2) is 57.8 Å². The molecule has 2 aromatic carbocycles. The average molecular weight is 515 g/mol. The Morgan fingerprint density at radius 2 is 1.59 bits per heavy atom. The third kappa shape index (κ3) is 5.03. The van der Waals surface area contributed by atoms with Crippen molar-refractivity contribution in [1.29, 1.82) is 0 Å². The van der Waals surface area contributed by atoms with Gasteiger partial charge in [-0.05, 0) is 29.2 Å². The first-order valence-corrected chi connectivity index (χ1v) is 12.4. The van der Waals surface area contributed by atoms with E-state index in [-0.39, 0.29) is 22.9 Å². The van der Waals surface area contributed by atoms with Crippen molar-refractivity contribution in [2.45, 2.75) is 4.90 Å². The van der Waals surface area contributed by atoms with Crippen LogP contribution in [0.1, 0.15) is 5.56 Å². The van der Waals surface area contributed by atoms with Crippen LogP contribution >= 0.6 is 0 Å². The van der Waals surface area contributed by atoms with Crippen molar-refractivity contribution in [3.05, 3.63) is 41.3 Å². The maximum atomic E-state index is 13.2. The summed E-state index contributed by atoms with van der Waals surface area (Å²) < 4.78 is 73.0. The fourth-order valence-electron chi connectivity index (χ4n) is 3.08. The summed E-state index contributed by atoms with van der Waals surface area (Å²) in [6, 6.07) is 6.71. The van der Waals surface area contributed by atoms with Gasteiger partial charge in [-0.25, -0.2) is 21.6 Å². The van der Waals surface area contributed by atoms with Gasteiger partial charge in [-0.15, -0.1) is 0 Å². The molecule has 0 fully saturated rings. The number of hydrogen-bond donors (Lipinski definition) is 1. The summed E-state index contributed by atoms with van der Waals surface area (Å²) in [4.78, 5) is 18.0. The molecule has 0 radical (unpaired) electrons. The third-order valence-electron chi connectivity index (χ3n) is 4.73. The molecule has 2 bridgehead atoms. The van der Waals surface area contributed by atoms with Crippen LogP contribution in [0.5, 0.6) is 23.0 Å². The van der Waals surface area contributed by atoms with Crippen molar-refractivity contribution < 1.29 is 45.4 Å². The van der Waals surface area contributed by atoms with Gasteiger partial charge in [0.05, 0.1) is 45.1 Å². The number of hydrogen-bond acceptors (Lipinski definition) is 10. The first kappa shape index (κ1) is 25.1. The van der Waals surface area contributed by atoms with Crippen LogP contribution in [0.25, 0.3) is 6.08 Å². The summed E-state index contributed by atoms with van der Waals surface area (Å²) in [5, 5.41) is 0.830. The van der Waals surface area contributed by atoms with Crippen LogP contribution in [0.15, 0.2) is 40.6 Å². The second-order valence-electron chi connectivity index (χ2n) is 6.70. The molecule has 34 heavy (non-hydrogen) atoms. The van der Waals surface area contributed by atoms with Crippen molar-refractivity contribution in [2.24, 2.45) is 0 Å². The van der Waals surface area contributed by atoms with E-state index in [1.807, 2.05) is 0 Å². The molecule has 184 valence electrons. The first-order valence-electron chi connectivity index (χ1n) is 9.46. The predicted molar refractivity (Wildman–Crippen MR) is 121 cm³/mol. The maximum Gasteiger partial charge on any atom is 0.346 e. The first-order chi connectivity index (χ1) is 16.1. The van der Waals surface area contributed by atoms with E-state index in [0.29, 0.717) is 15.6 Å². The zero-order valence-corrected chi connectivity index (χ0v) is 20.2. The molecule has 14 heteroatoms. The smallest absolute Gasteiger partial charge is 0.346 e. The van der Waals surface area contributed by atoms with Crippen LogP contribution in [-0.2, 0) is 29.7 Å². The fraction of sp³-hybridized carbons (Fsp3) is 0.250. The fourth-order valence-corrected chi connectivity index (χ4v) is 5.21. The third-order valence-corrected chi connectivity index (χ3v) is 7.36. The number of sulfonamides is 2. The summed E-state index contributed by atoms with van der Waals surface area (Å²) in [7, 11) is -3.19. The highest BCUT2D eigenvalue weighted by Gasteiger charge is 2.31. The molecule has 0 aromatic heterocycles. The van der Waals surface area contributed by atoms with Crippen LogP contribution in [0, 0.1) is 0 Å². The van der Waals surface area contributed by atoms with Gasteiger partial charge < -0.3 is 23.8 Å². The van der Waals surface area contributed by atoms with Crippen molar-refractivity contribution in [1.82, 2.24) is 4.89 Å². The molecule has 0 saturated carbocycles. The number of nitrogens with zero attached hydrogens (tertiary/aromatic N) is 1. The van der Waals surface area contributed by atoms with Gasteiger partial charge in [-0.3, -0.25) is 4.31 Å². The monoisotopic (exact) mass is 514 g/mol. The van der Waals surface area contributed by atoms with Crippen LogP contribution in [0.3, 0.4) is 0 Å². The van der Waals surface area contributed by atoms with Gasteiger partial charge in [0.25, 0.3) is 20.0 Å². The maximum absolute atomic E-state index is 13.2. The minimum Gasteiger partial charge on any atom is -0.496 e. The van der Waals surface area contributed by atoms with Gasteiger partial charge in [0.15, 0.2) is 0 Å². The van der Waals surface area contributed by atoms with Crippen molar-refractivity contribution in [3.8, 4) is 23.0 Å². The molecule has 0 unspecified atom stereocenters. The van der Waals surface area contributed by atoms with Crippen molar-refractivity contribution >= 4 is 37.8 Å². The minimum atomic E-state index is -4.34. The molecule has 0 atom stereocenters. The van der Waals surface area contributed by atoms with Crippen LogP contribution < -0.4 is 28.1 Å². The molecule has 0 spiro atoms. The number of rotatable bonds is 7. The number of carbonyl (C=O) groups is 1. The quantitative estimate of drug-likeness (QED) is 0.573. The minimum absolute atomic E-state index is 0.0743. The van der Waals surface area contributed by atoms with E-state index in [1.165, 1.54) is 46.6 Å². The van der Waals surface area contributed by atoms with Crippen LogP contribution in [0.4, 0.5) is 5.69 Å². The Hall–Kier alpha value is -3.49. The highest BCUT2D eigenvalue weighted by Crippen LogP contribution is 2.36. The summed E-state index contributed by atoms with van der Waals surface area (Å²) in [6.45, 7) is -0.808. The summed E-state index contributed by atoms with van der Waals surface area (Å²) >= 11 is 0. The Morgan fingerprint density at radius 1 is 0.971 bits per heavy atom. The Bertz CT molecular complexity index is 1310. The molecule has 1 N–H and O–H groups in total. The lowest BCUT2D eigenvalue weighted by Gasteiger charge is -2.21. The Labute approximate surface area is 196 Å². The number of anilines is 1. The normalized spacial score (nSPS) is 15.6. The highest BCUT2D eigenvalue weighted by atomic mass is 32.2. The van der Waals surface area contributed by atoms with E-state index in [4.69, 9.17) is 18.9 Å². The van der Waals surface area contributed by atoms with E-state index in [2.05, 4.69) is 4.84 Å². The average Bonchev–Trinajstić information content (AvgIpc) is 2.86. The topological polar surface area (TPSA) is 147 Å². The Morgan fingerprint density at radius 3 is 2.15 bits per heavy atom. The summed E-state index contributed by atoms with van der Waals surface area (Å²) in [5.74, 6) is -0.255. The summed E-state index contributed by atoms with van der Waals surface area (Å²) in [5.41, 5.74) is 0.194. The number of benzene rings is 2. The molecular weight excluding hydrogens is 492 g/mol. The number of fused-ring (bicyclic) bond motifs is 2. The van der Waals surface area contributed by atoms with E-state index < -0.39 is 37.5 Å². The van der Waals surface area contributed by atoms with Crippen molar-refractivity contribution in [3.63, 3.8) is 0 Å². The SMILES string of the molecule is COc1cc(OC)c(/C=C/S(=O)(=O)N2CC(=O)ONS(=O)(=O)c3cc2ccc3OC)c(OC)c1. The van der Waals surface area contributed by atoms with Gasteiger partial charge in [-0.2, -0.15) is 0 Å². The predicted octanol–water partition coefficient (Wildman–Crippen LogP) is 1.28. The molecule has 2 aromatic rings. The van der Waals surface area contributed by atoms with Gasteiger partial charge in [0.1, 0.15) is 34.4 Å². The van der Waals surface area contributed by atoms with E-state index in [0.717, 1.165) is 11.5 Å². The molecule has 0 saturated heterocycles. The molecular formula is C20H22N2O10S2. The Balaban J connectivity index is 2.12. The van der Waals surface area contributed by atoms with Crippen LogP contribution in [0.2, 0.25) is 0 Å². The largest absolute Gasteiger partial charge is 0.496 e. The van der Waals surface area contributed by atoms with Gasteiger partial charge in [0.2, 0.25) is 0 Å². The summed E-state index contributed by atoms with van der Waals surface area (Å²) in [6.07, 6.45) is 1.23. The van der Waals surface area contributed by atoms with E-state index in [1.54, 1.807) is 17.0 Å². The lowest BCUT2D eigenvalue weighted by molar-refractivity contribution is -0.145. The number of ether oxygens (including phenoxy) is 4. The van der Waals surface area contributed by atoms with E-state index in [9.17, 15) is 21.6 Å². The number of methoxy groups -OCH3 is 4. The van der Waals surface area contributed by atoms with Crippen molar-refractivity contribution in [2.75, 3.05) is 39.3 Å². The number of nitrogens with one attached hydrogen (secondary N) is 1. The lowest BCUT2D eigenvalue weighted by atomic mass is 10.1.